The third-order valence-corrected chi connectivity index (χ3v) is 4.04. The lowest BCUT2D eigenvalue weighted by Gasteiger charge is -2.11. The van der Waals surface area contributed by atoms with Crippen LogP contribution in [0, 0.1) is 6.92 Å². The van der Waals surface area contributed by atoms with E-state index < -0.39 is 0 Å². The molecule has 0 atom stereocenters. The summed E-state index contributed by atoms with van der Waals surface area (Å²) >= 11 is 0. The molecule has 3 rings (SSSR count). The Kier molecular flexibility index (Phi) is 3.34. The molecule has 0 spiro atoms. The number of allylic oxidation sites excluding steroid dienone is 2. The molecule has 0 fully saturated rings. The van der Waals surface area contributed by atoms with Crippen molar-refractivity contribution in [3.63, 3.8) is 0 Å². The van der Waals surface area contributed by atoms with Crippen LogP contribution < -0.4 is 0 Å². The highest BCUT2D eigenvalue weighted by molar-refractivity contribution is 6.09. The molecule has 0 unspecified atom stereocenters. The van der Waals surface area contributed by atoms with E-state index in [0.29, 0.717) is 0 Å². The Bertz CT molecular complexity index is 866. The first kappa shape index (κ1) is 13.6. The molecule has 1 aromatic heterocycles. The fourth-order valence-electron chi connectivity index (χ4n) is 2.70. The molecular formula is C18H18N2O. The highest BCUT2D eigenvalue weighted by Crippen LogP contribution is 2.30. The Balaban J connectivity index is 2.44. The van der Waals surface area contributed by atoms with Gasteiger partial charge in [0.25, 0.3) is 0 Å². The summed E-state index contributed by atoms with van der Waals surface area (Å²) < 4.78 is 5.35. The Hall–Kier alpha value is -2.42. The number of nitrogens with zero attached hydrogens (tertiary/aromatic N) is 2. The second kappa shape index (κ2) is 5.17. The van der Waals surface area contributed by atoms with Crippen LogP contribution >= 0.6 is 0 Å². The number of benzene rings is 2. The Morgan fingerprint density at radius 1 is 1.05 bits per heavy atom. The molecule has 106 valence electrons. The molecule has 2 aromatic carbocycles. The number of fused-ring (bicyclic) bond motifs is 3. The minimum atomic E-state index is 0.875. The fraction of sp³-hybridized carbons (Fsp3) is 0.222. The minimum absolute atomic E-state index is 0.875. The maximum atomic E-state index is 5.35. The van der Waals surface area contributed by atoms with Gasteiger partial charge in [0.1, 0.15) is 6.33 Å². The van der Waals surface area contributed by atoms with Crippen LogP contribution in [0.15, 0.2) is 42.4 Å². The van der Waals surface area contributed by atoms with Crippen LogP contribution in [0.25, 0.3) is 27.2 Å². The summed E-state index contributed by atoms with van der Waals surface area (Å²) in [5.41, 5.74) is 4.20. The van der Waals surface area contributed by atoms with Crippen molar-refractivity contribution < 1.29 is 4.74 Å². The Morgan fingerprint density at radius 3 is 2.62 bits per heavy atom. The Labute approximate surface area is 124 Å². The van der Waals surface area contributed by atoms with E-state index in [-0.39, 0.29) is 0 Å². The number of hydrogen-bond acceptors (Lipinski definition) is 3. The van der Waals surface area contributed by atoms with E-state index in [1.807, 2.05) is 13.8 Å². The minimum Gasteiger partial charge on any atom is -0.501 e. The average molecular weight is 278 g/mol. The van der Waals surface area contributed by atoms with Gasteiger partial charge in [-0.05, 0) is 37.8 Å². The van der Waals surface area contributed by atoms with Gasteiger partial charge in [0.2, 0.25) is 0 Å². The van der Waals surface area contributed by atoms with Crippen molar-refractivity contribution in [2.45, 2.75) is 20.8 Å². The number of aromatic nitrogens is 2. The quantitative estimate of drug-likeness (QED) is 0.512. The predicted molar refractivity (Wildman–Crippen MR) is 87.1 cm³/mol. The third-order valence-electron chi connectivity index (χ3n) is 4.04. The van der Waals surface area contributed by atoms with Gasteiger partial charge < -0.3 is 4.74 Å². The molecule has 0 saturated carbocycles. The maximum absolute atomic E-state index is 5.35. The number of ether oxygens (including phenoxy) is 1. The van der Waals surface area contributed by atoms with Crippen molar-refractivity contribution in [3.8, 4) is 0 Å². The van der Waals surface area contributed by atoms with Gasteiger partial charge in [0.15, 0.2) is 0 Å². The lowest BCUT2D eigenvalue weighted by atomic mass is 9.99. The van der Waals surface area contributed by atoms with Crippen LogP contribution in [0.4, 0.5) is 0 Å². The first-order valence-corrected chi connectivity index (χ1v) is 6.98. The molecule has 0 aliphatic carbocycles. The molecule has 3 heteroatoms. The largest absolute Gasteiger partial charge is 0.501 e. The maximum Gasteiger partial charge on any atom is 0.116 e. The lowest BCUT2D eigenvalue weighted by Crippen LogP contribution is -1.95. The first-order chi connectivity index (χ1) is 10.1. The van der Waals surface area contributed by atoms with E-state index in [2.05, 4.69) is 47.2 Å². The molecule has 0 amide bonds. The number of methoxy groups -OCH3 is 1. The van der Waals surface area contributed by atoms with E-state index >= 15 is 0 Å². The van der Waals surface area contributed by atoms with Crippen molar-refractivity contribution in [2.75, 3.05) is 7.11 Å². The number of hydrogen-bond donors (Lipinski definition) is 0. The van der Waals surface area contributed by atoms with Crippen LogP contribution in [0.1, 0.15) is 25.1 Å². The van der Waals surface area contributed by atoms with Gasteiger partial charge >= 0.3 is 0 Å². The van der Waals surface area contributed by atoms with Gasteiger partial charge in [-0.25, -0.2) is 9.97 Å². The Morgan fingerprint density at radius 2 is 1.86 bits per heavy atom. The average Bonchev–Trinajstić information content (AvgIpc) is 2.52. The second-order valence-electron chi connectivity index (χ2n) is 5.24. The fourth-order valence-corrected chi connectivity index (χ4v) is 2.70. The second-order valence-corrected chi connectivity index (χ2v) is 5.24. The van der Waals surface area contributed by atoms with Gasteiger partial charge in [-0.3, -0.25) is 0 Å². The molecule has 1 heterocycles. The number of aryl methyl sites for hydroxylation is 1. The normalized spacial score (nSPS) is 12.6. The summed E-state index contributed by atoms with van der Waals surface area (Å²) in [6.45, 7) is 6.10. The molecule has 0 bridgehead atoms. The van der Waals surface area contributed by atoms with Crippen LogP contribution in [0.5, 0.6) is 0 Å². The van der Waals surface area contributed by atoms with E-state index in [4.69, 9.17) is 4.74 Å². The molecule has 3 aromatic rings. The highest BCUT2D eigenvalue weighted by atomic mass is 16.5. The zero-order valence-corrected chi connectivity index (χ0v) is 12.8. The van der Waals surface area contributed by atoms with E-state index in [1.54, 1.807) is 13.4 Å². The molecule has 0 aliphatic rings. The van der Waals surface area contributed by atoms with Crippen molar-refractivity contribution in [2.24, 2.45) is 0 Å². The molecule has 0 radical (unpaired) electrons. The summed E-state index contributed by atoms with van der Waals surface area (Å²) in [5.74, 6) is 0.875. The van der Waals surface area contributed by atoms with Gasteiger partial charge in [-0.15, -0.1) is 0 Å². The summed E-state index contributed by atoms with van der Waals surface area (Å²) in [5, 5.41) is 3.46. The monoisotopic (exact) mass is 278 g/mol. The van der Waals surface area contributed by atoms with Gasteiger partial charge in [-0.2, -0.15) is 0 Å². The first-order valence-electron chi connectivity index (χ1n) is 6.98. The molecular weight excluding hydrogens is 260 g/mol. The van der Waals surface area contributed by atoms with Crippen LogP contribution in [-0.4, -0.2) is 17.1 Å². The third kappa shape index (κ3) is 2.15. The highest BCUT2D eigenvalue weighted by Gasteiger charge is 2.11. The molecule has 0 N–H and O–H groups in total. The predicted octanol–water partition coefficient (Wildman–Crippen LogP) is 4.49. The van der Waals surface area contributed by atoms with Crippen LogP contribution in [-0.2, 0) is 4.74 Å². The summed E-state index contributed by atoms with van der Waals surface area (Å²) in [7, 11) is 1.68. The van der Waals surface area contributed by atoms with Crippen molar-refractivity contribution in [1.82, 2.24) is 9.97 Å². The molecule has 21 heavy (non-hydrogen) atoms. The van der Waals surface area contributed by atoms with E-state index in [1.165, 1.54) is 16.3 Å². The summed E-state index contributed by atoms with van der Waals surface area (Å²) in [6, 6.07) is 10.5. The molecule has 3 nitrogen and oxygen atoms in total. The molecule has 0 aliphatic heterocycles. The van der Waals surface area contributed by atoms with Gasteiger partial charge in [0, 0.05) is 16.3 Å². The van der Waals surface area contributed by atoms with Crippen LogP contribution in [0.3, 0.4) is 0 Å². The zero-order valence-electron chi connectivity index (χ0n) is 12.8. The van der Waals surface area contributed by atoms with Crippen molar-refractivity contribution in [3.05, 3.63) is 53.7 Å². The van der Waals surface area contributed by atoms with Crippen molar-refractivity contribution in [1.29, 1.82) is 0 Å². The van der Waals surface area contributed by atoms with Gasteiger partial charge in [-0.1, -0.05) is 24.3 Å². The van der Waals surface area contributed by atoms with Crippen molar-refractivity contribution >= 4 is 27.2 Å². The van der Waals surface area contributed by atoms with Crippen LogP contribution in [0.2, 0.25) is 0 Å². The standard InChI is InChI=1S/C18H18N2O/c1-11-6-5-7-14-8-9-15-17(12(2)13(3)21-4)19-10-20-18(15)16(11)14/h5-10H,1-4H3/b13-12-. The topological polar surface area (TPSA) is 35.0 Å². The SMILES string of the molecule is CO/C(C)=C(/C)c1ncnc2c1ccc1cccc(C)c12. The summed E-state index contributed by atoms with van der Waals surface area (Å²) in [4.78, 5) is 8.99. The van der Waals surface area contributed by atoms with E-state index in [0.717, 1.165) is 27.9 Å². The van der Waals surface area contributed by atoms with E-state index in [9.17, 15) is 0 Å². The van der Waals surface area contributed by atoms with Gasteiger partial charge in [0.05, 0.1) is 24.1 Å². The lowest BCUT2D eigenvalue weighted by molar-refractivity contribution is 0.295. The molecule has 0 saturated heterocycles. The smallest absolute Gasteiger partial charge is 0.116 e. The zero-order chi connectivity index (χ0) is 15.0. The summed E-state index contributed by atoms with van der Waals surface area (Å²) in [6.07, 6.45) is 1.63. The number of rotatable bonds is 2.